The lowest BCUT2D eigenvalue weighted by molar-refractivity contribution is 0.0944. The van der Waals surface area contributed by atoms with E-state index < -0.39 is 5.56 Å². The molecule has 5 nitrogen and oxygen atoms in total. The van der Waals surface area contributed by atoms with Gasteiger partial charge in [0.05, 0.1) is 11.8 Å². The van der Waals surface area contributed by atoms with Gasteiger partial charge < -0.3 is 10.5 Å². The van der Waals surface area contributed by atoms with Crippen LogP contribution in [0.4, 0.5) is 0 Å². The van der Waals surface area contributed by atoms with Crippen molar-refractivity contribution in [1.82, 2.24) is 10.0 Å². The fourth-order valence-corrected chi connectivity index (χ4v) is 1.49. The fourth-order valence-electron chi connectivity index (χ4n) is 1.49. The molecule has 18 heavy (non-hydrogen) atoms. The normalized spacial score (nSPS) is 10.0. The van der Waals surface area contributed by atoms with Crippen LogP contribution in [0.2, 0.25) is 0 Å². The number of nitrogens with one attached hydrogen (secondary N) is 1. The van der Waals surface area contributed by atoms with E-state index in [0.29, 0.717) is 11.3 Å². The van der Waals surface area contributed by atoms with Gasteiger partial charge in [-0.05, 0) is 11.6 Å². The lowest BCUT2D eigenvalue weighted by Crippen LogP contribution is -2.25. The molecule has 0 radical (unpaired) electrons. The average Bonchev–Trinajstić information content (AvgIpc) is 2.40. The van der Waals surface area contributed by atoms with Crippen LogP contribution in [0, 0.1) is 0 Å². The molecule has 0 aliphatic rings. The minimum atomic E-state index is -0.574. The minimum absolute atomic E-state index is 0.230. The Hall–Kier alpha value is -2.56. The zero-order valence-electron chi connectivity index (χ0n) is 9.54. The SMILES string of the molecule is O=C(NCc1ccccc1)c1ccc(=O)n(O)c1. The number of nitrogens with zero attached hydrogens (tertiary/aromatic N) is 1. The van der Waals surface area contributed by atoms with Gasteiger partial charge in [0.15, 0.2) is 0 Å². The van der Waals surface area contributed by atoms with Gasteiger partial charge in [0.1, 0.15) is 0 Å². The Morgan fingerprint density at radius 2 is 1.89 bits per heavy atom. The van der Waals surface area contributed by atoms with E-state index in [-0.39, 0.29) is 11.5 Å². The molecule has 1 heterocycles. The van der Waals surface area contributed by atoms with E-state index in [4.69, 9.17) is 5.21 Å². The Morgan fingerprint density at radius 1 is 1.17 bits per heavy atom. The first-order chi connectivity index (χ1) is 8.66. The van der Waals surface area contributed by atoms with Crippen LogP contribution < -0.4 is 10.9 Å². The van der Waals surface area contributed by atoms with Crippen LogP contribution in [-0.4, -0.2) is 15.8 Å². The molecule has 0 unspecified atom stereocenters. The molecule has 0 saturated carbocycles. The summed E-state index contributed by atoms with van der Waals surface area (Å²) in [5.74, 6) is -0.346. The van der Waals surface area contributed by atoms with E-state index in [1.165, 1.54) is 6.07 Å². The Labute approximate surface area is 103 Å². The predicted molar refractivity (Wildman–Crippen MR) is 65.5 cm³/mol. The monoisotopic (exact) mass is 244 g/mol. The number of aromatic nitrogens is 1. The first kappa shape index (κ1) is 11.9. The van der Waals surface area contributed by atoms with Crippen LogP contribution in [0.3, 0.4) is 0 Å². The fraction of sp³-hybridized carbons (Fsp3) is 0.0769. The maximum atomic E-state index is 11.7. The van der Waals surface area contributed by atoms with Crippen molar-refractivity contribution in [2.45, 2.75) is 6.54 Å². The Morgan fingerprint density at radius 3 is 2.56 bits per heavy atom. The largest absolute Gasteiger partial charge is 0.425 e. The molecule has 2 aromatic rings. The molecule has 0 saturated heterocycles. The van der Waals surface area contributed by atoms with Gasteiger partial charge in [0.25, 0.3) is 11.5 Å². The molecule has 0 aliphatic heterocycles. The third-order valence-corrected chi connectivity index (χ3v) is 2.45. The van der Waals surface area contributed by atoms with Gasteiger partial charge in [-0.25, -0.2) is 0 Å². The highest BCUT2D eigenvalue weighted by molar-refractivity contribution is 5.93. The lowest BCUT2D eigenvalue weighted by Gasteiger charge is -2.05. The summed E-state index contributed by atoms with van der Waals surface area (Å²) in [6, 6.07) is 12.0. The van der Waals surface area contributed by atoms with Gasteiger partial charge in [0.2, 0.25) is 0 Å². The average molecular weight is 244 g/mol. The first-order valence-electron chi connectivity index (χ1n) is 5.41. The van der Waals surface area contributed by atoms with E-state index in [2.05, 4.69) is 5.32 Å². The van der Waals surface area contributed by atoms with Crippen molar-refractivity contribution < 1.29 is 10.0 Å². The topological polar surface area (TPSA) is 71.3 Å². The standard InChI is InChI=1S/C13H12N2O3/c16-12-7-6-11(9-15(12)18)13(17)14-8-10-4-2-1-3-5-10/h1-7,9,18H,8H2,(H,14,17). The third-order valence-electron chi connectivity index (χ3n) is 2.45. The molecular formula is C13H12N2O3. The predicted octanol–water partition coefficient (Wildman–Crippen LogP) is 1.02. The zero-order chi connectivity index (χ0) is 13.0. The second kappa shape index (κ2) is 5.18. The number of hydrogen-bond donors (Lipinski definition) is 2. The summed E-state index contributed by atoms with van der Waals surface area (Å²) in [5, 5.41) is 11.9. The van der Waals surface area contributed by atoms with Crippen LogP contribution in [0.1, 0.15) is 15.9 Å². The van der Waals surface area contributed by atoms with Crippen molar-refractivity contribution in [3.05, 3.63) is 70.1 Å². The van der Waals surface area contributed by atoms with Crippen molar-refractivity contribution in [3.63, 3.8) is 0 Å². The van der Waals surface area contributed by atoms with Gasteiger partial charge in [0, 0.05) is 12.6 Å². The van der Waals surface area contributed by atoms with Crippen LogP contribution in [0.15, 0.2) is 53.5 Å². The van der Waals surface area contributed by atoms with Crippen molar-refractivity contribution in [3.8, 4) is 0 Å². The van der Waals surface area contributed by atoms with Crippen molar-refractivity contribution in [1.29, 1.82) is 0 Å². The van der Waals surface area contributed by atoms with Crippen molar-refractivity contribution in [2.75, 3.05) is 0 Å². The Kier molecular flexibility index (Phi) is 3.43. The van der Waals surface area contributed by atoms with Crippen LogP contribution in [0.5, 0.6) is 0 Å². The van der Waals surface area contributed by atoms with Gasteiger partial charge in [-0.3, -0.25) is 9.59 Å². The molecule has 0 atom stereocenters. The second-order valence-corrected chi connectivity index (χ2v) is 3.77. The molecule has 1 aromatic carbocycles. The number of hydrogen-bond acceptors (Lipinski definition) is 3. The van der Waals surface area contributed by atoms with Crippen molar-refractivity contribution in [2.24, 2.45) is 0 Å². The molecule has 1 aromatic heterocycles. The highest BCUT2D eigenvalue weighted by atomic mass is 16.5. The summed E-state index contributed by atoms with van der Waals surface area (Å²) in [7, 11) is 0. The number of carbonyl (C=O) groups is 1. The summed E-state index contributed by atoms with van der Waals surface area (Å²) in [5.41, 5.74) is 0.630. The molecule has 0 fully saturated rings. The van der Waals surface area contributed by atoms with Gasteiger partial charge in [-0.1, -0.05) is 30.3 Å². The number of pyridine rings is 1. The summed E-state index contributed by atoms with van der Waals surface area (Å²) >= 11 is 0. The number of benzene rings is 1. The lowest BCUT2D eigenvalue weighted by atomic mass is 10.2. The molecule has 1 amide bonds. The summed E-state index contributed by atoms with van der Waals surface area (Å²) < 4.78 is 0.386. The van der Waals surface area contributed by atoms with E-state index in [1.807, 2.05) is 30.3 Å². The first-order valence-corrected chi connectivity index (χ1v) is 5.41. The maximum Gasteiger partial charge on any atom is 0.282 e. The third kappa shape index (κ3) is 2.76. The Bertz CT molecular complexity index is 605. The van der Waals surface area contributed by atoms with Gasteiger partial charge >= 0.3 is 0 Å². The molecule has 5 heteroatoms. The molecule has 0 bridgehead atoms. The molecule has 2 rings (SSSR count). The quantitative estimate of drug-likeness (QED) is 0.792. The van der Waals surface area contributed by atoms with Crippen LogP contribution in [0.25, 0.3) is 0 Å². The number of carbonyl (C=O) groups excluding carboxylic acids is 1. The van der Waals surface area contributed by atoms with Crippen LogP contribution in [-0.2, 0) is 6.54 Å². The number of amides is 1. The molecule has 0 spiro atoms. The van der Waals surface area contributed by atoms with Gasteiger partial charge in [-0.2, -0.15) is 4.73 Å². The Balaban J connectivity index is 2.04. The van der Waals surface area contributed by atoms with Gasteiger partial charge in [-0.15, -0.1) is 0 Å². The molecule has 0 aliphatic carbocycles. The smallest absolute Gasteiger partial charge is 0.282 e. The van der Waals surface area contributed by atoms with E-state index in [0.717, 1.165) is 17.8 Å². The minimum Gasteiger partial charge on any atom is -0.425 e. The van der Waals surface area contributed by atoms with E-state index in [9.17, 15) is 9.59 Å². The van der Waals surface area contributed by atoms with Crippen LogP contribution >= 0.6 is 0 Å². The molecule has 92 valence electrons. The second-order valence-electron chi connectivity index (χ2n) is 3.77. The summed E-state index contributed by atoms with van der Waals surface area (Å²) in [4.78, 5) is 22.7. The summed E-state index contributed by atoms with van der Waals surface area (Å²) in [6.45, 7) is 0.393. The van der Waals surface area contributed by atoms with Crippen molar-refractivity contribution >= 4 is 5.91 Å². The zero-order valence-corrected chi connectivity index (χ0v) is 9.54. The highest BCUT2D eigenvalue weighted by Gasteiger charge is 2.06. The molecular weight excluding hydrogens is 232 g/mol. The van der Waals surface area contributed by atoms with E-state index in [1.54, 1.807) is 0 Å². The maximum absolute atomic E-state index is 11.7. The highest BCUT2D eigenvalue weighted by Crippen LogP contribution is 1.99. The van der Waals surface area contributed by atoms with E-state index >= 15 is 0 Å². The number of rotatable bonds is 3. The molecule has 2 N–H and O–H groups in total. The summed E-state index contributed by atoms with van der Waals surface area (Å²) in [6.07, 6.45) is 1.09.